The molecular formula is C16H22O. The number of rotatable bonds is 0. The Morgan fingerprint density at radius 1 is 0.824 bits per heavy atom. The third kappa shape index (κ3) is 2.24. The molecule has 1 heteroatoms. The first kappa shape index (κ1) is 12.2. The number of fused-ring (bicyclic) bond motifs is 1. The first-order chi connectivity index (χ1) is 7.69. The standard InChI is InChI=1S/C16H22O/c1-15(2,3)12-9-11-7-8-17-14(11)10-13(12)16(4,5)6/h7-10H,1-6H3. The van der Waals surface area contributed by atoms with Crippen molar-refractivity contribution in [1.82, 2.24) is 0 Å². The fourth-order valence-corrected chi connectivity index (χ4v) is 2.25. The van der Waals surface area contributed by atoms with Crippen molar-refractivity contribution in [3.05, 3.63) is 35.6 Å². The summed E-state index contributed by atoms with van der Waals surface area (Å²) in [6.45, 7) is 13.6. The highest BCUT2D eigenvalue weighted by Crippen LogP contribution is 2.36. The molecule has 0 saturated carbocycles. The lowest BCUT2D eigenvalue weighted by atomic mass is 9.75. The van der Waals surface area contributed by atoms with Gasteiger partial charge in [-0.2, -0.15) is 0 Å². The monoisotopic (exact) mass is 230 g/mol. The Morgan fingerprint density at radius 2 is 1.35 bits per heavy atom. The second kappa shape index (κ2) is 3.63. The van der Waals surface area contributed by atoms with Crippen LogP contribution >= 0.6 is 0 Å². The summed E-state index contributed by atoms with van der Waals surface area (Å²) >= 11 is 0. The molecule has 2 aromatic rings. The van der Waals surface area contributed by atoms with Crippen molar-refractivity contribution in [3.8, 4) is 0 Å². The molecule has 17 heavy (non-hydrogen) atoms. The Labute approximate surface area is 104 Å². The van der Waals surface area contributed by atoms with E-state index in [2.05, 4.69) is 53.7 Å². The predicted molar refractivity (Wildman–Crippen MR) is 73.6 cm³/mol. The molecule has 1 nitrogen and oxygen atoms in total. The zero-order valence-electron chi connectivity index (χ0n) is 11.7. The van der Waals surface area contributed by atoms with Gasteiger partial charge in [-0.1, -0.05) is 41.5 Å². The molecule has 0 bridgehead atoms. The molecule has 92 valence electrons. The van der Waals surface area contributed by atoms with Gasteiger partial charge in [0.2, 0.25) is 0 Å². The molecule has 0 atom stereocenters. The van der Waals surface area contributed by atoms with Crippen LogP contribution in [-0.2, 0) is 10.8 Å². The lowest BCUT2D eigenvalue weighted by molar-refractivity contribution is 0.529. The van der Waals surface area contributed by atoms with Crippen molar-refractivity contribution in [1.29, 1.82) is 0 Å². The minimum atomic E-state index is 0.142. The Morgan fingerprint density at radius 3 is 1.88 bits per heavy atom. The zero-order chi connectivity index (χ0) is 12.8. The normalized spacial score (nSPS) is 13.3. The van der Waals surface area contributed by atoms with E-state index in [-0.39, 0.29) is 10.8 Å². The van der Waals surface area contributed by atoms with Crippen molar-refractivity contribution in [2.45, 2.75) is 52.4 Å². The van der Waals surface area contributed by atoms with E-state index in [1.165, 1.54) is 16.5 Å². The van der Waals surface area contributed by atoms with E-state index >= 15 is 0 Å². The maximum absolute atomic E-state index is 5.52. The van der Waals surface area contributed by atoms with Gasteiger partial charge in [-0.25, -0.2) is 0 Å². The summed E-state index contributed by atoms with van der Waals surface area (Å²) < 4.78 is 5.52. The van der Waals surface area contributed by atoms with Gasteiger partial charge in [0, 0.05) is 5.39 Å². The molecule has 0 spiro atoms. The largest absolute Gasteiger partial charge is 0.464 e. The van der Waals surface area contributed by atoms with Gasteiger partial charge < -0.3 is 4.42 Å². The van der Waals surface area contributed by atoms with Crippen LogP contribution in [0.4, 0.5) is 0 Å². The number of benzene rings is 1. The van der Waals surface area contributed by atoms with E-state index in [0.29, 0.717) is 0 Å². The first-order valence-corrected chi connectivity index (χ1v) is 6.22. The first-order valence-electron chi connectivity index (χ1n) is 6.22. The van der Waals surface area contributed by atoms with Crippen LogP contribution in [0.3, 0.4) is 0 Å². The fraction of sp³-hybridized carbons (Fsp3) is 0.500. The topological polar surface area (TPSA) is 13.1 Å². The van der Waals surface area contributed by atoms with Crippen LogP contribution in [0.1, 0.15) is 52.7 Å². The Kier molecular flexibility index (Phi) is 2.61. The van der Waals surface area contributed by atoms with E-state index in [1.807, 2.05) is 6.07 Å². The van der Waals surface area contributed by atoms with Crippen molar-refractivity contribution in [2.24, 2.45) is 0 Å². The summed E-state index contributed by atoms with van der Waals surface area (Å²) in [7, 11) is 0. The molecule has 0 amide bonds. The quantitative estimate of drug-likeness (QED) is 0.618. The molecular weight excluding hydrogens is 208 g/mol. The number of hydrogen-bond donors (Lipinski definition) is 0. The lowest BCUT2D eigenvalue weighted by Crippen LogP contribution is -2.21. The predicted octanol–water partition coefficient (Wildman–Crippen LogP) is 5.03. The van der Waals surface area contributed by atoms with Crippen LogP contribution < -0.4 is 0 Å². The van der Waals surface area contributed by atoms with Crippen molar-refractivity contribution in [3.63, 3.8) is 0 Å². The zero-order valence-corrected chi connectivity index (χ0v) is 11.7. The van der Waals surface area contributed by atoms with Crippen LogP contribution in [0.2, 0.25) is 0 Å². The highest BCUT2D eigenvalue weighted by atomic mass is 16.3. The Hall–Kier alpha value is -1.24. The Bertz CT molecular complexity index is 485. The van der Waals surface area contributed by atoms with E-state index in [4.69, 9.17) is 4.42 Å². The SMILES string of the molecule is CC(C)(C)c1cc2ccoc2cc1C(C)(C)C. The highest BCUT2D eigenvalue weighted by Gasteiger charge is 2.25. The van der Waals surface area contributed by atoms with E-state index in [0.717, 1.165) is 5.58 Å². The number of furan rings is 1. The van der Waals surface area contributed by atoms with Crippen LogP contribution in [0.25, 0.3) is 11.0 Å². The van der Waals surface area contributed by atoms with E-state index < -0.39 is 0 Å². The molecule has 0 aliphatic carbocycles. The molecule has 0 aliphatic heterocycles. The summed E-state index contributed by atoms with van der Waals surface area (Å²) in [5.74, 6) is 0. The van der Waals surface area contributed by atoms with Gasteiger partial charge in [0.25, 0.3) is 0 Å². The van der Waals surface area contributed by atoms with Crippen molar-refractivity contribution < 1.29 is 4.42 Å². The number of hydrogen-bond acceptors (Lipinski definition) is 1. The van der Waals surface area contributed by atoms with E-state index in [1.54, 1.807) is 6.26 Å². The molecule has 1 heterocycles. The van der Waals surface area contributed by atoms with Gasteiger partial charge in [-0.15, -0.1) is 0 Å². The molecule has 0 unspecified atom stereocenters. The van der Waals surface area contributed by atoms with Crippen LogP contribution in [0.15, 0.2) is 28.9 Å². The van der Waals surface area contributed by atoms with Crippen molar-refractivity contribution in [2.75, 3.05) is 0 Å². The van der Waals surface area contributed by atoms with Gasteiger partial charge in [0.15, 0.2) is 0 Å². The molecule has 2 rings (SSSR count). The van der Waals surface area contributed by atoms with Crippen molar-refractivity contribution >= 4 is 11.0 Å². The molecule has 0 N–H and O–H groups in total. The molecule has 0 radical (unpaired) electrons. The maximum Gasteiger partial charge on any atom is 0.134 e. The van der Waals surface area contributed by atoms with Gasteiger partial charge in [0.05, 0.1) is 6.26 Å². The molecule has 0 fully saturated rings. The second-order valence-electron chi connectivity index (χ2n) is 6.86. The summed E-state index contributed by atoms with van der Waals surface area (Å²) in [5, 5.41) is 1.20. The molecule has 1 aromatic carbocycles. The third-order valence-corrected chi connectivity index (χ3v) is 3.21. The second-order valence-corrected chi connectivity index (χ2v) is 6.86. The summed E-state index contributed by atoms with van der Waals surface area (Å²) in [4.78, 5) is 0. The lowest BCUT2D eigenvalue weighted by Gasteiger charge is -2.30. The minimum absolute atomic E-state index is 0.142. The molecule has 1 aromatic heterocycles. The average molecular weight is 230 g/mol. The summed E-state index contributed by atoms with van der Waals surface area (Å²) in [6.07, 6.45) is 1.77. The van der Waals surface area contributed by atoms with E-state index in [9.17, 15) is 0 Å². The minimum Gasteiger partial charge on any atom is -0.464 e. The highest BCUT2D eigenvalue weighted by molar-refractivity contribution is 5.79. The van der Waals surface area contributed by atoms with Gasteiger partial charge >= 0.3 is 0 Å². The maximum atomic E-state index is 5.52. The molecule has 0 saturated heterocycles. The van der Waals surface area contributed by atoms with Gasteiger partial charge in [-0.3, -0.25) is 0 Å². The third-order valence-electron chi connectivity index (χ3n) is 3.21. The van der Waals surface area contributed by atoms with Crippen LogP contribution in [-0.4, -0.2) is 0 Å². The van der Waals surface area contributed by atoms with Crippen LogP contribution in [0.5, 0.6) is 0 Å². The van der Waals surface area contributed by atoms with Gasteiger partial charge in [0.1, 0.15) is 5.58 Å². The molecule has 0 aliphatic rings. The van der Waals surface area contributed by atoms with Crippen LogP contribution in [0, 0.1) is 0 Å². The summed E-state index contributed by atoms with van der Waals surface area (Å²) in [5.41, 5.74) is 4.09. The van der Waals surface area contributed by atoms with Gasteiger partial charge in [-0.05, 0) is 40.2 Å². The average Bonchev–Trinajstić information content (AvgIpc) is 2.59. The fourth-order valence-electron chi connectivity index (χ4n) is 2.25. The Balaban J connectivity index is 2.78. The summed E-state index contributed by atoms with van der Waals surface area (Å²) in [6, 6.07) is 6.52. The smallest absolute Gasteiger partial charge is 0.134 e.